The number of nitrogens with two attached hydrogens (primary N) is 1. The molecular formula is C7H5FN2O3. The second kappa shape index (κ2) is 3.18. The van der Waals surface area contributed by atoms with E-state index >= 15 is 0 Å². The Kier molecular flexibility index (Phi) is 2.23. The lowest BCUT2D eigenvalue weighted by Crippen LogP contribution is -2.13. The van der Waals surface area contributed by atoms with Gasteiger partial charge in [0.2, 0.25) is 5.82 Å². The van der Waals surface area contributed by atoms with Crippen molar-refractivity contribution in [3.63, 3.8) is 0 Å². The first-order valence-corrected chi connectivity index (χ1v) is 3.26. The molecule has 0 heterocycles. The van der Waals surface area contributed by atoms with Crippen molar-refractivity contribution in [2.24, 2.45) is 5.73 Å². The molecular weight excluding hydrogens is 179 g/mol. The minimum atomic E-state index is -1.19. The summed E-state index contributed by atoms with van der Waals surface area (Å²) in [6.07, 6.45) is 0. The minimum absolute atomic E-state index is 0.478. The molecule has 0 bridgehead atoms. The molecule has 68 valence electrons. The maximum absolute atomic E-state index is 13.0. The van der Waals surface area contributed by atoms with E-state index < -0.39 is 27.9 Å². The van der Waals surface area contributed by atoms with Crippen molar-refractivity contribution in [3.8, 4) is 0 Å². The molecule has 0 aliphatic rings. The topological polar surface area (TPSA) is 86.2 Å². The van der Waals surface area contributed by atoms with Crippen molar-refractivity contribution in [3.05, 3.63) is 39.7 Å². The summed E-state index contributed by atoms with van der Waals surface area (Å²) in [6.45, 7) is 0. The van der Waals surface area contributed by atoms with Gasteiger partial charge in [-0.2, -0.15) is 4.39 Å². The number of carbonyl (C=O) groups is 1. The van der Waals surface area contributed by atoms with Crippen molar-refractivity contribution >= 4 is 11.6 Å². The summed E-state index contributed by atoms with van der Waals surface area (Å²) in [6, 6.07) is 3.24. The van der Waals surface area contributed by atoms with Gasteiger partial charge < -0.3 is 5.73 Å². The highest BCUT2D eigenvalue weighted by molar-refractivity contribution is 5.93. The summed E-state index contributed by atoms with van der Waals surface area (Å²) < 4.78 is 13.0. The average Bonchev–Trinajstić information content (AvgIpc) is 2.03. The van der Waals surface area contributed by atoms with Crippen LogP contribution in [0.5, 0.6) is 0 Å². The van der Waals surface area contributed by atoms with E-state index in [1.165, 1.54) is 6.07 Å². The van der Waals surface area contributed by atoms with E-state index in [-0.39, 0.29) is 0 Å². The van der Waals surface area contributed by atoms with Gasteiger partial charge in [-0.1, -0.05) is 6.07 Å². The third-order valence-electron chi connectivity index (χ3n) is 1.44. The predicted octanol–water partition coefficient (Wildman–Crippen LogP) is 0.833. The van der Waals surface area contributed by atoms with E-state index in [1.807, 2.05) is 0 Å². The Labute approximate surface area is 72.1 Å². The monoisotopic (exact) mass is 184 g/mol. The van der Waals surface area contributed by atoms with Crippen LogP contribution in [0.3, 0.4) is 0 Å². The Bertz CT molecular complexity index is 346. The molecule has 2 N–H and O–H groups in total. The molecule has 0 aromatic heterocycles. The highest BCUT2D eigenvalue weighted by Gasteiger charge is 2.19. The fourth-order valence-corrected chi connectivity index (χ4v) is 0.851. The number of nitro benzene ring substituents is 1. The van der Waals surface area contributed by atoms with Crippen LogP contribution < -0.4 is 5.73 Å². The van der Waals surface area contributed by atoms with Crippen LogP contribution in [0, 0.1) is 15.9 Å². The fraction of sp³-hybridized carbons (Fsp3) is 0. The van der Waals surface area contributed by atoms with Crippen LogP contribution in [-0.4, -0.2) is 10.8 Å². The lowest BCUT2D eigenvalue weighted by Gasteiger charge is -1.97. The van der Waals surface area contributed by atoms with Crippen molar-refractivity contribution in [2.45, 2.75) is 0 Å². The molecule has 1 aromatic carbocycles. The maximum Gasteiger partial charge on any atom is 0.305 e. The van der Waals surface area contributed by atoms with Gasteiger partial charge in [0.25, 0.3) is 5.91 Å². The molecule has 0 unspecified atom stereocenters. The second-order valence-electron chi connectivity index (χ2n) is 2.26. The number of amides is 1. The quantitative estimate of drug-likeness (QED) is 0.545. The molecule has 13 heavy (non-hydrogen) atoms. The largest absolute Gasteiger partial charge is 0.366 e. The van der Waals surface area contributed by atoms with Gasteiger partial charge in [0, 0.05) is 6.07 Å². The number of rotatable bonds is 2. The van der Waals surface area contributed by atoms with Gasteiger partial charge in [0.1, 0.15) is 0 Å². The first kappa shape index (κ1) is 9.11. The summed E-state index contributed by atoms with van der Waals surface area (Å²) >= 11 is 0. The lowest BCUT2D eigenvalue weighted by atomic mass is 10.2. The van der Waals surface area contributed by atoms with Crippen LogP contribution in [0.25, 0.3) is 0 Å². The van der Waals surface area contributed by atoms with Crippen molar-refractivity contribution in [2.75, 3.05) is 0 Å². The first-order valence-electron chi connectivity index (χ1n) is 3.26. The molecule has 0 atom stereocenters. The van der Waals surface area contributed by atoms with Crippen LogP contribution in [0.1, 0.15) is 10.4 Å². The average molecular weight is 184 g/mol. The van der Waals surface area contributed by atoms with Gasteiger partial charge in [0.15, 0.2) is 0 Å². The smallest absolute Gasteiger partial charge is 0.305 e. The number of hydrogen-bond donors (Lipinski definition) is 1. The molecule has 1 aromatic rings. The van der Waals surface area contributed by atoms with E-state index in [0.717, 1.165) is 12.1 Å². The predicted molar refractivity (Wildman–Crippen MR) is 41.6 cm³/mol. The molecule has 1 amide bonds. The standard InChI is InChI=1S/C7H5FN2O3/c8-6-4(7(9)11)2-1-3-5(6)10(12)13/h1-3H,(H2,9,11). The Hall–Kier alpha value is -1.98. The minimum Gasteiger partial charge on any atom is -0.366 e. The summed E-state index contributed by atoms with van der Waals surface area (Å²) in [4.78, 5) is 19.9. The molecule has 6 heteroatoms. The molecule has 0 fully saturated rings. The lowest BCUT2D eigenvalue weighted by molar-refractivity contribution is -0.387. The van der Waals surface area contributed by atoms with Crippen LogP contribution in [0.2, 0.25) is 0 Å². The van der Waals surface area contributed by atoms with E-state index in [2.05, 4.69) is 0 Å². The molecule has 0 aliphatic heterocycles. The van der Waals surface area contributed by atoms with Crippen LogP contribution in [0.15, 0.2) is 18.2 Å². The van der Waals surface area contributed by atoms with Gasteiger partial charge in [-0.05, 0) is 6.07 Å². The van der Waals surface area contributed by atoms with Crippen LogP contribution in [0.4, 0.5) is 10.1 Å². The number of nitrogens with zero attached hydrogens (tertiary/aromatic N) is 1. The van der Waals surface area contributed by atoms with Crippen LogP contribution in [-0.2, 0) is 0 Å². The van der Waals surface area contributed by atoms with E-state index in [4.69, 9.17) is 5.73 Å². The summed E-state index contributed by atoms with van der Waals surface area (Å²) in [5.41, 5.74) is 3.55. The first-order chi connectivity index (χ1) is 6.04. The summed E-state index contributed by atoms with van der Waals surface area (Å²) in [5.74, 6) is -2.22. The number of benzene rings is 1. The molecule has 0 radical (unpaired) electrons. The van der Waals surface area contributed by atoms with Crippen molar-refractivity contribution in [1.82, 2.24) is 0 Å². The second-order valence-corrected chi connectivity index (χ2v) is 2.26. The molecule has 5 nitrogen and oxygen atoms in total. The van der Waals surface area contributed by atoms with Crippen molar-refractivity contribution in [1.29, 1.82) is 0 Å². The zero-order chi connectivity index (χ0) is 10.0. The number of primary amides is 1. The molecule has 1 rings (SSSR count). The third-order valence-corrected chi connectivity index (χ3v) is 1.44. The SMILES string of the molecule is NC(=O)c1cccc([N+](=O)[O-])c1F. The number of hydrogen-bond acceptors (Lipinski definition) is 3. The third kappa shape index (κ3) is 1.61. The van der Waals surface area contributed by atoms with E-state index in [9.17, 15) is 19.3 Å². The zero-order valence-corrected chi connectivity index (χ0v) is 6.36. The van der Waals surface area contributed by atoms with Gasteiger partial charge >= 0.3 is 5.69 Å². The van der Waals surface area contributed by atoms with E-state index in [1.54, 1.807) is 0 Å². The molecule has 0 saturated carbocycles. The van der Waals surface area contributed by atoms with Gasteiger partial charge in [-0.15, -0.1) is 0 Å². The zero-order valence-electron chi connectivity index (χ0n) is 6.36. The molecule has 0 saturated heterocycles. The highest BCUT2D eigenvalue weighted by atomic mass is 19.1. The van der Waals surface area contributed by atoms with Gasteiger partial charge in [0.05, 0.1) is 10.5 Å². The Morgan fingerprint density at radius 1 is 1.54 bits per heavy atom. The number of nitro groups is 1. The highest BCUT2D eigenvalue weighted by Crippen LogP contribution is 2.19. The fourth-order valence-electron chi connectivity index (χ4n) is 0.851. The maximum atomic E-state index is 13.0. The Morgan fingerprint density at radius 3 is 2.62 bits per heavy atom. The van der Waals surface area contributed by atoms with E-state index in [0.29, 0.717) is 0 Å². The van der Waals surface area contributed by atoms with Crippen molar-refractivity contribution < 1.29 is 14.1 Å². The van der Waals surface area contributed by atoms with Gasteiger partial charge in [-0.3, -0.25) is 14.9 Å². The summed E-state index contributed by atoms with van der Waals surface area (Å²) in [5, 5.41) is 10.2. The molecule has 0 aliphatic carbocycles. The molecule has 0 spiro atoms. The Morgan fingerprint density at radius 2 is 2.15 bits per heavy atom. The number of halogens is 1. The number of carbonyl (C=O) groups excluding carboxylic acids is 1. The summed E-state index contributed by atoms with van der Waals surface area (Å²) in [7, 11) is 0. The normalized spacial score (nSPS) is 9.62. The Balaban J connectivity index is 3.35. The van der Waals surface area contributed by atoms with Crippen LogP contribution >= 0.6 is 0 Å². The van der Waals surface area contributed by atoms with Gasteiger partial charge in [-0.25, -0.2) is 0 Å².